The van der Waals surface area contributed by atoms with Crippen LogP contribution in [0.1, 0.15) is 80.6 Å². The molecule has 0 atom stereocenters. The van der Waals surface area contributed by atoms with Gasteiger partial charge in [0, 0.05) is 0 Å². The van der Waals surface area contributed by atoms with Crippen molar-refractivity contribution in [1.82, 2.24) is 0 Å². The second-order valence-corrected chi connectivity index (χ2v) is 14.4. The van der Waals surface area contributed by atoms with Crippen LogP contribution in [-0.4, -0.2) is 6.71 Å². The first kappa shape index (κ1) is 37.6. The van der Waals surface area contributed by atoms with Gasteiger partial charge in [0.2, 0.25) is 6.71 Å². The van der Waals surface area contributed by atoms with Gasteiger partial charge in [-0.2, -0.15) is 0 Å². The predicted molar refractivity (Wildman–Crippen MR) is 228 cm³/mol. The normalized spacial score (nSPS) is 10.9. The minimum absolute atomic E-state index is 0.0895. The standard InChI is InChI=1S/C48H51B.C2H6/c1-28-34(7)46(35(8)29(2)43(28)40-22-16-13-17-23-40)49(47-36(9)30(3)44(31(4)37(47)10)41-24-18-14-19-25-41)48-38(11)32(5)45(33(6)39(48)12)42-26-20-15-21-27-42;1-2/h13-27H,1-12H3;1-2H3. The summed E-state index contributed by atoms with van der Waals surface area (Å²) >= 11 is 0. The van der Waals surface area contributed by atoms with Crippen LogP contribution in [0.5, 0.6) is 0 Å². The zero-order valence-corrected chi connectivity index (χ0v) is 33.7. The summed E-state index contributed by atoms with van der Waals surface area (Å²) < 4.78 is 0. The number of hydrogen-bond acceptors (Lipinski definition) is 0. The molecule has 0 amide bonds. The van der Waals surface area contributed by atoms with Crippen LogP contribution < -0.4 is 16.4 Å². The maximum atomic E-state index is 2.38. The Bertz CT molecular complexity index is 1860. The summed E-state index contributed by atoms with van der Waals surface area (Å²) in [6, 6.07) is 32.9. The van der Waals surface area contributed by atoms with Crippen molar-refractivity contribution in [2.45, 2.75) is 96.9 Å². The van der Waals surface area contributed by atoms with Crippen LogP contribution in [0.25, 0.3) is 33.4 Å². The first-order valence-corrected chi connectivity index (χ1v) is 18.8. The second-order valence-electron chi connectivity index (χ2n) is 14.4. The molecule has 0 radical (unpaired) electrons. The summed E-state index contributed by atoms with van der Waals surface area (Å²) in [5.41, 5.74) is 29.1. The van der Waals surface area contributed by atoms with Crippen molar-refractivity contribution in [2.24, 2.45) is 0 Å². The van der Waals surface area contributed by atoms with E-state index in [0.717, 1.165) is 0 Å². The molecular weight excluding hydrogens is 611 g/mol. The van der Waals surface area contributed by atoms with Crippen molar-refractivity contribution >= 4 is 23.1 Å². The van der Waals surface area contributed by atoms with E-state index in [4.69, 9.17) is 0 Å². The summed E-state index contributed by atoms with van der Waals surface area (Å²) in [7, 11) is 0. The van der Waals surface area contributed by atoms with Gasteiger partial charge in [-0.05, 0) is 150 Å². The van der Waals surface area contributed by atoms with Crippen LogP contribution in [0, 0.1) is 83.1 Å². The molecule has 0 aliphatic rings. The average Bonchev–Trinajstić information content (AvgIpc) is 3.15. The Hall–Kier alpha value is -4.62. The Morgan fingerprint density at radius 2 is 0.431 bits per heavy atom. The summed E-state index contributed by atoms with van der Waals surface area (Å²) in [6.07, 6.45) is 0. The molecule has 0 N–H and O–H groups in total. The lowest BCUT2D eigenvalue weighted by Gasteiger charge is -2.33. The number of hydrogen-bond donors (Lipinski definition) is 0. The third-order valence-electron chi connectivity index (χ3n) is 12.1. The largest absolute Gasteiger partial charge is 0.243 e. The number of rotatable bonds is 6. The van der Waals surface area contributed by atoms with E-state index < -0.39 is 0 Å². The molecular formula is C50H57B. The molecule has 1 heteroatoms. The lowest BCUT2D eigenvalue weighted by atomic mass is 9.32. The van der Waals surface area contributed by atoms with E-state index in [1.165, 1.54) is 117 Å². The molecule has 6 aromatic carbocycles. The van der Waals surface area contributed by atoms with Gasteiger partial charge in [0.25, 0.3) is 0 Å². The van der Waals surface area contributed by atoms with Crippen LogP contribution in [0.3, 0.4) is 0 Å². The molecule has 6 aromatic rings. The monoisotopic (exact) mass is 668 g/mol. The Balaban J connectivity index is 0.00000248. The Labute approximate surface area is 310 Å². The summed E-state index contributed by atoms with van der Waals surface area (Å²) in [4.78, 5) is 0. The van der Waals surface area contributed by atoms with Crippen molar-refractivity contribution < 1.29 is 0 Å². The zero-order valence-electron chi connectivity index (χ0n) is 33.7. The molecule has 0 saturated carbocycles. The van der Waals surface area contributed by atoms with Crippen LogP contribution in [0.4, 0.5) is 0 Å². The topological polar surface area (TPSA) is 0 Å². The van der Waals surface area contributed by atoms with Crippen molar-refractivity contribution in [2.75, 3.05) is 0 Å². The van der Waals surface area contributed by atoms with Gasteiger partial charge in [-0.25, -0.2) is 0 Å². The van der Waals surface area contributed by atoms with Crippen LogP contribution in [0.15, 0.2) is 91.0 Å². The first-order chi connectivity index (χ1) is 24.4. The van der Waals surface area contributed by atoms with Crippen molar-refractivity contribution in [1.29, 1.82) is 0 Å². The van der Waals surface area contributed by atoms with E-state index in [2.05, 4.69) is 174 Å². The molecule has 51 heavy (non-hydrogen) atoms. The van der Waals surface area contributed by atoms with Gasteiger partial charge in [-0.15, -0.1) is 0 Å². The SMILES string of the molecule is CC.Cc1c(C)c(-c2ccccc2)c(C)c(C)c1B(c1c(C)c(C)c(-c2ccccc2)c(C)c1C)c1c(C)c(C)c(-c2ccccc2)c(C)c1C. The van der Waals surface area contributed by atoms with Gasteiger partial charge in [-0.1, -0.05) is 155 Å². The highest BCUT2D eigenvalue weighted by molar-refractivity contribution is 6.97. The fourth-order valence-corrected chi connectivity index (χ4v) is 8.87. The first-order valence-electron chi connectivity index (χ1n) is 18.8. The molecule has 0 nitrogen and oxygen atoms in total. The lowest BCUT2D eigenvalue weighted by Crippen LogP contribution is -2.58. The highest BCUT2D eigenvalue weighted by Gasteiger charge is 2.35. The van der Waals surface area contributed by atoms with Gasteiger partial charge in [0.05, 0.1) is 0 Å². The molecule has 0 bridgehead atoms. The third kappa shape index (κ3) is 6.42. The van der Waals surface area contributed by atoms with Crippen LogP contribution in [-0.2, 0) is 0 Å². The van der Waals surface area contributed by atoms with Crippen molar-refractivity contribution in [3.63, 3.8) is 0 Å². The molecule has 0 aliphatic carbocycles. The molecule has 0 aliphatic heterocycles. The Morgan fingerprint density at radius 1 is 0.255 bits per heavy atom. The summed E-state index contributed by atoms with van der Waals surface area (Å²) in [6.45, 7) is 32.4. The quantitative estimate of drug-likeness (QED) is 0.155. The number of benzene rings is 6. The van der Waals surface area contributed by atoms with E-state index >= 15 is 0 Å². The molecule has 0 unspecified atom stereocenters. The zero-order chi connectivity index (χ0) is 37.3. The highest BCUT2D eigenvalue weighted by atomic mass is 14.3. The molecule has 0 spiro atoms. The van der Waals surface area contributed by atoms with Crippen LogP contribution in [0.2, 0.25) is 0 Å². The van der Waals surface area contributed by atoms with Crippen molar-refractivity contribution in [3.05, 3.63) is 158 Å². The molecule has 0 aromatic heterocycles. The van der Waals surface area contributed by atoms with Crippen molar-refractivity contribution in [3.8, 4) is 33.4 Å². The van der Waals surface area contributed by atoms with E-state index in [1.54, 1.807) is 0 Å². The summed E-state index contributed by atoms with van der Waals surface area (Å²) in [5, 5.41) is 0. The maximum absolute atomic E-state index is 2.38. The van der Waals surface area contributed by atoms with Crippen LogP contribution >= 0.6 is 0 Å². The fourth-order valence-electron chi connectivity index (χ4n) is 8.87. The molecule has 0 fully saturated rings. The second kappa shape index (κ2) is 15.3. The minimum Gasteiger partial charge on any atom is -0.0683 e. The van der Waals surface area contributed by atoms with Gasteiger partial charge >= 0.3 is 0 Å². The Morgan fingerprint density at radius 3 is 0.608 bits per heavy atom. The van der Waals surface area contributed by atoms with E-state index in [1.807, 2.05) is 13.8 Å². The van der Waals surface area contributed by atoms with E-state index in [-0.39, 0.29) is 6.71 Å². The van der Waals surface area contributed by atoms with Gasteiger partial charge in [-0.3, -0.25) is 0 Å². The molecule has 260 valence electrons. The fraction of sp³-hybridized carbons (Fsp3) is 0.280. The maximum Gasteiger partial charge on any atom is 0.243 e. The van der Waals surface area contributed by atoms with Gasteiger partial charge in [0.15, 0.2) is 0 Å². The summed E-state index contributed by atoms with van der Waals surface area (Å²) in [5.74, 6) is 0. The van der Waals surface area contributed by atoms with Gasteiger partial charge in [0.1, 0.15) is 0 Å². The lowest BCUT2D eigenvalue weighted by molar-refractivity contribution is 1.25. The molecule has 6 rings (SSSR count). The predicted octanol–water partition coefficient (Wildman–Crippen LogP) is 11.9. The van der Waals surface area contributed by atoms with E-state index in [9.17, 15) is 0 Å². The highest BCUT2D eigenvalue weighted by Crippen LogP contribution is 2.36. The average molecular weight is 669 g/mol. The van der Waals surface area contributed by atoms with E-state index in [0.29, 0.717) is 0 Å². The third-order valence-corrected chi connectivity index (χ3v) is 12.1. The molecule has 0 heterocycles. The smallest absolute Gasteiger partial charge is 0.0683 e. The minimum atomic E-state index is 0.0895. The Kier molecular flexibility index (Phi) is 11.3. The molecule has 0 saturated heterocycles. The van der Waals surface area contributed by atoms with Gasteiger partial charge < -0.3 is 0 Å².